The van der Waals surface area contributed by atoms with Crippen LogP contribution in [0.1, 0.15) is 40.0 Å². The highest BCUT2D eigenvalue weighted by Crippen LogP contribution is 2.37. The fourth-order valence-electron chi connectivity index (χ4n) is 1.92. The minimum atomic E-state index is -0.0476. The molecule has 0 spiro atoms. The van der Waals surface area contributed by atoms with Crippen molar-refractivity contribution in [3.05, 3.63) is 11.3 Å². The van der Waals surface area contributed by atoms with E-state index in [1.165, 1.54) is 0 Å². The van der Waals surface area contributed by atoms with Crippen LogP contribution in [0.2, 0.25) is 0 Å². The van der Waals surface area contributed by atoms with Crippen LogP contribution in [-0.4, -0.2) is 18.7 Å². The standard InChI is InChI=1S/C12H18O3/c1-4-15-11-8-12(2,3)7-10(14)9(11)5-6-13/h6H,4-5,7-8H2,1-3H3. The van der Waals surface area contributed by atoms with Crippen molar-refractivity contribution in [2.75, 3.05) is 6.61 Å². The third kappa shape index (κ3) is 2.91. The maximum Gasteiger partial charge on any atom is 0.163 e. The number of allylic oxidation sites excluding steroid dienone is 2. The number of ketones is 1. The molecule has 1 rings (SSSR count). The van der Waals surface area contributed by atoms with Crippen LogP contribution >= 0.6 is 0 Å². The Morgan fingerprint density at radius 3 is 2.60 bits per heavy atom. The van der Waals surface area contributed by atoms with E-state index in [2.05, 4.69) is 0 Å². The van der Waals surface area contributed by atoms with Crippen LogP contribution in [0.25, 0.3) is 0 Å². The molecule has 1 aliphatic carbocycles. The Kier molecular flexibility index (Phi) is 3.66. The molecule has 3 nitrogen and oxygen atoms in total. The lowest BCUT2D eigenvalue weighted by atomic mass is 9.76. The molecule has 0 heterocycles. The summed E-state index contributed by atoms with van der Waals surface area (Å²) >= 11 is 0. The molecule has 0 unspecified atom stereocenters. The quantitative estimate of drug-likeness (QED) is 0.668. The van der Waals surface area contributed by atoms with Crippen molar-refractivity contribution in [1.29, 1.82) is 0 Å². The number of Topliss-reactive ketones (excluding diaryl/α,β-unsaturated/α-hetero) is 1. The summed E-state index contributed by atoms with van der Waals surface area (Å²) in [4.78, 5) is 22.3. The van der Waals surface area contributed by atoms with E-state index in [9.17, 15) is 9.59 Å². The predicted molar refractivity (Wildman–Crippen MR) is 57.4 cm³/mol. The Labute approximate surface area is 90.5 Å². The molecule has 0 saturated carbocycles. The highest BCUT2D eigenvalue weighted by molar-refractivity contribution is 5.99. The topological polar surface area (TPSA) is 43.4 Å². The van der Waals surface area contributed by atoms with E-state index in [-0.39, 0.29) is 17.6 Å². The summed E-state index contributed by atoms with van der Waals surface area (Å²) in [5.74, 6) is 0.771. The van der Waals surface area contributed by atoms with E-state index in [0.29, 0.717) is 24.4 Å². The summed E-state index contributed by atoms with van der Waals surface area (Å²) in [7, 11) is 0. The van der Waals surface area contributed by atoms with Crippen molar-refractivity contribution in [3.63, 3.8) is 0 Å². The molecular weight excluding hydrogens is 192 g/mol. The number of carbonyl (C=O) groups is 2. The Morgan fingerprint density at radius 2 is 2.07 bits per heavy atom. The van der Waals surface area contributed by atoms with E-state index in [1.807, 2.05) is 20.8 Å². The number of hydrogen-bond donors (Lipinski definition) is 0. The minimum absolute atomic E-state index is 0.0476. The molecule has 15 heavy (non-hydrogen) atoms. The van der Waals surface area contributed by atoms with Gasteiger partial charge in [0.05, 0.1) is 6.61 Å². The first-order valence-corrected chi connectivity index (χ1v) is 5.32. The molecule has 0 radical (unpaired) electrons. The average Bonchev–Trinajstić information content (AvgIpc) is 2.10. The molecule has 0 amide bonds. The number of hydrogen-bond acceptors (Lipinski definition) is 3. The van der Waals surface area contributed by atoms with Gasteiger partial charge in [0.25, 0.3) is 0 Å². The largest absolute Gasteiger partial charge is 0.498 e. The van der Waals surface area contributed by atoms with Crippen molar-refractivity contribution in [3.8, 4) is 0 Å². The van der Waals surface area contributed by atoms with E-state index < -0.39 is 0 Å². The van der Waals surface area contributed by atoms with Gasteiger partial charge in [-0.05, 0) is 12.3 Å². The molecule has 0 saturated heterocycles. The Morgan fingerprint density at radius 1 is 1.40 bits per heavy atom. The first kappa shape index (κ1) is 12.0. The zero-order chi connectivity index (χ0) is 11.5. The van der Waals surface area contributed by atoms with Gasteiger partial charge in [-0.1, -0.05) is 13.8 Å². The summed E-state index contributed by atoms with van der Waals surface area (Å²) in [5.41, 5.74) is 0.528. The molecule has 0 aliphatic heterocycles. The smallest absolute Gasteiger partial charge is 0.163 e. The Balaban J connectivity index is 2.99. The molecular formula is C12H18O3. The van der Waals surface area contributed by atoms with E-state index in [4.69, 9.17) is 4.74 Å². The number of ether oxygens (including phenoxy) is 1. The van der Waals surface area contributed by atoms with Crippen molar-refractivity contribution in [1.82, 2.24) is 0 Å². The van der Waals surface area contributed by atoms with Crippen LogP contribution in [0, 0.1) is 5.41 Å². The summed E-state index contributed by atoms with van der Waals surface area (Å²) < 4.78 is 5.45. The number of rotatable bonds is 4. The van der Waals surface area contributed by atoms with Crippen LogP contribution in [0.3, 0.4) is 0 Å². The first-order valence-electron chi connectivity index (χ1n) is 5.32. The van der Waals surface area contributed by atoms with Gasteiger partial charge < -0.3 is 9.53 Å². The molecule has 0 bridgehead atoms. The number of carbonyl (C=O) groups excluding carboxylic acids is 2. The summed E-state index contributed by atoms with van der Waals surface area (Å²) in [5, 5.41) is 0. The molecule has 84 valence electrons. The Hall–Kier alpha value is -1.12. The van der Waals surface area contributed by atoms with Crippen LogP contribution in [0.5, 0.6) is 0 Å². The van der Waals surface area contributed by atoms with Crippen LogP contribution in [-0.2, 0) is 14.3 Å². The SMILES string of the molecule is CCOC1=C(CC=O)C(=O)CC(C)(C)C1. The average molecular weight is 210 g/mol. The summed E-state index contributed by atoms with van der Waals surface area (Å²) in [6, 6.07) is 0. The predicted octanol–water partition coefficient (Wildman–Crippen LogP) is 2.26. The zero-order valence-corrected chi connectivity index (χ0v) is 9.63. The highest BCUT2D eigenvalue weighted by atomic mass is 16.5. The summed E-state index contributed by atoms with van der Waals surface area (Å²) in [6.07, 6.45) is 2.21. The molecule has 1 aliphatic rings. The molecule has 0 N–H and O–H groups in total. The van der Waals surface area contributed by atoms with Crippen LogP contribution in [0.4, 0.5) is 0 Å². The van der Waals surface area contributed by atoms with Crippen LogP contribution < -0.4 is 0 Å². The summed E-state index contributed by atoms with van der Waals surface area (Å²) in [6.45, 7) is 6.52. The lowest BCUT2D eigenvalue weighted by molar-refractivity contribution is -0.120. The molecule has 0 fully saturated rings. The maximum atomic E-state index is 11.8. The molecule has 0 aromatic heterocycles. The van der Waals surface area contributed by atoms with E-state index in [1.54, 1.807) is 0 Å². The highest BCUT2D eigenvalue weighted by Gasteiger charge is 2.33. The fourth-order valence-corrected chi connectivity index (χ4v) is 1.92. The second-order valence-corrected chi connectivity index (χ2v) is 4.65. The van der Waals surface area contributed by atoms with Crippen molar-refractivity contribution >= 4 is 12.1 Å². The van der Waals surface area contributed by atoms with Gasteiger partial charge in [0.15, 0.2) is 5.78 Å². The molecule has 0 aromatic carbocycles. The van der Waals surface area contributed by atoms with Crippen molar-refractivity contribution in [2.24, 2.45) is 5.41 Å². The zero-order valence-electron chi connectivity index (χ0n) is 9.63. The second kappa shape index (κ2) is 4.60. The van der Waals surface area contributed by atoms with Gasteiger partial charge in [-0.2, -0.15) is 0 Å². The molecule has 0 aromatic rings. The van der Waals surface area contributed by atoms with E-state index >= 15 is 0 Å². The second-order valence-electron chi connectivity index (χ2n) is 4.65. The number of aldehydes is 1. The third-order valence-corrected chi connectivity index (χ3v) is 2.56. The first-order chi connectivity index (χ1) is 7.00. The van der Waals surface area contributed by atoms with Crippen molar-refractivity contribution < 1.29 is 14.3 Å². The van der Waals surface area contributed by atoms with Gasteiger partial charge in [0, 0.05) is 24.8 Å². The Bertz CT molecular complexity index is 300. The van der Waals surface area contributed by atoms with Gasteiger partial charge in [-0.15, -0.1) is 0 Å². The van der Waals surface area contributed by atoms with Gasteiger partial charge in [0.2, 0.25) is 0 Å². The minimum Gasteiger partial charge on any atom is -0.498 e. The van der Waals surface area contributed by atoms with Crippen LogP contribution in [0.15, 0.2) is 11.3 Å². The third-order valence-electron chi connectivity index (χ3n) is 2.56. The maximum absolute atomic E-state index is 11.8. The van der Waals surface area contributed by atoms with Gasteiger partial charge in [-0.3, -0.25) is 4.79 Å². The monoisotopic (exact) mass is 210 g/mol. The van der Waals surface area contributed by atoms with Gasteiger partial charge in [-0.25, -0.2) is 0 Å². The lowest BCUT2D eigenvalue weighted by Crippen LogP contribution is -2.27. The lowest BCUT2D eigenvalue weighted by Gasteiger charge is -2.31. The molecule has 0 atom stereocenters. The van der Waals surface area contributed by atoms with Gasteiger partial charge in [0.1, 0.15) is 12.0 Å². The molecule has 3 heteroatoms. The fraction of sp³-hybridized carbons (Fsp3) is 0.667. The van der Waals surface area contributed by atoms with Crippen molar-refractivity contribution in [2.45, 2.75) is 40.0 Å². The normalized spacial score (nSPS) is 20.3. The van der Waals surface area contributed by atoms with E-state index in [0.717, 1.165) is 12.7 Å². The van der Waals surface area contributed by atoms with Gasteiger partial charge >= 0.3 is 0 Å².